The van der Waals surface area contributed by atoms with Gasteiger partial charge in [0.1, 0.15) is 5.60 Å². The summed E-state index contributed by atoms with van der Waals surface area (Å²) in [6.07, 6.45) is -0.472. The van der Waals surface area contributed by atoms with Crippen LogP contribution in [0.25, 0.3) is 0 Å². The Morgan fingerprint density at radius 2 is 2.25 bits per heavy atom. The quantitative estimate of drug-likeness (QED) is 0.617. The third-order valence-corrected chi connectivity index (χ3v) is 1.36. The molecule has 12 heavy (non-hydrogen) atoms. The fraction of sp³-hybridized carbons (Fsp3) is 0.625. The normalized spacial score (nSPS) is 14.9. The Labute approximate surface area is 72.0 Å². The maximum Gasteiger partial charge on any atom is 0.405 e. The van der Waals surface area contributed by atoms with E-state index in [2.05, 4.69) is 6.58 Å². The number of primary amides is 1. The Morgan fingerprint density at radius 3 is 2.50 bits per heavy atom. The minimum atomic E-state index is -0.933. The van der Waals surface area contributed by atoms with Crippen molar-refractivity contribution < 1.29 is 14.6 Å². The van der Waals surface area contributed by atoms with Crippen molar-refractivity contribution in [3.8, 4) is 0 Å². The molecule has 0 saturated heterocycles. The second-order valence-electron chi connectivity index (χ2n) is 3.16. The van der Waals surface area contributed by atoms with E-state index < -0.39 is 11.7 Å². The fourth-order valence-corrected chi connectivity index (χ4v) is 1.01. The highest BCUT2D eigenvalue weighted by Crippen LogP contribution is 2.18. The first-order valence-electron chi connectivity index (χ1n) is 3.63. The van der Waals surface area contributed by atoms with E-state index in [0.717, 1.165) is 5.57 Å². The second kappa shape index (κ2) is 4.11. The average Bonchev–Trinajstić information content (AvgIpc) is 1.83. The van der Waals surface area contributed by atoms with Crippen LogP contribution in [0.4, 0.5) is 4.79 Å². The number of nitrogens with two attached hydrogens (primary N) is 1. The van der Waals surface area contributed by atoms with Crippen LogP contribution in [0.1, 0.15) is 20.3 Å². The van der Waals surface area contributed by atoms with Gasteiger partial charge in [-0.25, -0.2) is 4.79 Å². The lowest BCUT2D eigenvalue weighted by molar-refractivity contribution is -0.0120. The Balaban J connectivity index is 4.23. The van der Waals surface area contributed by atoms with Crippen molar-refractivity contribution in [2.45, 2.75) is 25.9 Å². The number of rotatable bonds is 4. The number of carbonyl (C=O) groups is 1. The van der Waals surface area contributed by atoms with Crippen molar-refractivity contribution in [1.82, 2.24) is 0 Å². The summed E-state index contributed by atoms with van der Waals surface area (Å²) in [5.41, 5.74) is 4.72. The molecule has 0 radical (unpaired) electrons. The van der Waals surface area contributed by atoms with Gasteiger partial charge in [-0.1, -0.05) is 12.2 Å². The van der Waals surface area contributed by atoms with Crippen molar-refractivity contribution in [1.29, 1.82) is 0 Å². The molecule has 0 aromatic rings. The van der Waals surface area contributed by atoms with E-state index in [1.807, 2.05) is 0 Å². The molecule has 0 spiro atoms. The van der Waals surface area contributed by atoms with Crippen LogP contribution in [0.2, 0.25) is 0 Å². The lowest BCUT2D eigenvalue weighted by atomic mass is 9.99. The Bertz CT molecular complexity index is 173. The number of hydrogen-bond donors (Lipinski definition) is 2. The molecule has 4 heteroatoms. The van der Waals surface area contributed by atoms with Crippen molar-refractivity contribution in [3.05, 3.63) is 12.2 Å². The summed E-state index contributed by atoms with van der Waals surface area (Å²) >= 11 is 0. The molecule has 0 heterocycles. The summed E-state index contributed by atoms with van der Waals surface area (Å²) in [5.74, 6) is 0. The maximum absolute atomic E-state index is 10.4. The number of aliphatic hydroxyl groups is 1. The van der Waals surface area contributed by atoms with Crippen LogP contribution in [0.3, 0.4) is 0 Å². The minimum absolute atomic E-state index is 0.261. The highest BCUT2D eigenvalue weighted by molar-refractivity contribution is 5.65. The molecule has 0 saturated carbocycles. The van der Waals surface area contributed by atoms with Gasteiger partial charge < -0.3 is 15.6 Å². The van der Waals surface area contributed by atoms with Gasteiger partial charge in [0.25, 0.3) is 0 Å². The first-order valence-corrected chi connectivity index (χ1v) is 3.63. The van der Waals surface area contributed by atoms with Crippen molar-refractivity contribution >= 4 is 6.09 Å². The van der Waals surface area contributed by atoms with Crippen LogP contribution in [0.5, 0.6) is 0 Å². The monoisotopic (exact) mass is 173 g/mol. The summed E-state index contributed by atoms with van der Waals surface area (Å²) in [6.45, 7) is 6.78. The van der Waals surface area contributed by atoms with Gasteiger partial charge in [-0.2, -0.15) is 0 Å². The molecule has 1 atom stereocenters. The summed E-state index contributed by atoms with van der Waals surface area (Å²) in [5, 5.41) is 8.91. The van der Waals surface area contributed by atoms with Crippen LogP contribution >= 0.6 is 0 Å². The molecule has 0 aliphatic carbocycles. The summed E-state index contributed by atoms with van der Waals surface area (Å²) in [4.78, 5) is 10.4. The van der Waals surface area contributed by atoms with Crippen LogP contribution in [-0.2, 0) is 4.74 Å². The predicted molar refractivity (Wildman–Crippen MR) is 45.6 cm³/mol. The summed E-state index contributed by atoms with van der Waals surface area (Å²) < 4.78 is 4.73. The predicted octanol–water partition coefficient (Wildman–Crippen LogP) is 0.799. The first kappa shape index (κ1) is 11.0. The third-order valence-electron chi connectivity index (χ3n) is 1.36. The molecule has 0 rings (SSSR count). The molecule has 70 valence electrons. The summed E-state index contributed by atoms with van der Waals surface area (Å²) in [7, 11) is 0. The van der Waals surface area contributed by atoms with Crippen LogP contribution in [-0.4, -0.2) is 23.4 Å². The molecule has 0 aromatic carbocycles. The van der Waals surface area contributed by atoms with E-state index in [1.54, 1.807) is 13.8 Å². The van der Waals surface area contributed by atoms with Gasteiger partial charge in [0.15, 0.2) is 0 Å². The van der Waals surface area contributed by atoms with E-state index in [1.165, 1.54) is 0 Å². The zero-order valence-corrected chi connectivity index (χ0v) is 7.46. The van der Waals surface area contributed by atoms with Gasteiger partial charge in [0.05, 0.1) is 6.61 Å². The molecule has 1 amide bonds. The van der Waals surface area contributed by atoms with Gasteiger partial charge in [-0.15, -0.1) is 0 Å². The number of amides is 1. The van der Waals surface area contributed by atoms with Gasteiger partial charge >= 0.3 is 6.09 Å². The number of ether oxygens (including phenoxy) is 1. The largest absolute Gasteiger partial charge is 0.441 e. The molecule has 0 unspecified atom stereocenters. The van der Waals surface area contributed by atoms with E-state index in [0.29, 0.717) is 6.42 Å². The third kappa shape index (κ3) is 3.98. The van der Waals surface area contributed by atoms with Crippen LogP contribution in [0.15, 0.2) is 12.2 Å². The van der Waals surface area contributed by atoms with E-state index in [4.69, 9.17) is 15.6 Å². The van der Waals surface area contributed by atoms with Gasteiger partial charge in [-0.3, -0.25) is 0 Å². The second-order valence-corrected chi connectivity index (χ2v) is 3.16. The Kier molecular flexibility index (Phi) is 3.76. The molecular weight excluding hydrogens is 158 g/mol. The Morgan fingerprint density at radius 1 is 1.75 bits per heavy atom. The van der Waals surface area contributed by atoms with E-state index in [-0.39, 0.29) is 6.61 Å². The fourth-order valence-electron chi connectivity index (χ4n) is 1.01. The molecule has 0 aromatic heterocycles. The van der Waals surface area contributed by atoms with Crippen LogP contribution in [0, 0.1) is 0 Å². The van der Waals surface area contributed by atoms with Gasteiger partial charge in [0.2, 0.25) is 0 Å². The smallest absolute Gasteiger partial charge is 0.405 e. The molecule has 0 fully saturated rings. The lowest BCUT2D eigenvalue weighted by Crippen LogP contribution is -2.37. The average molecular weight is 173 g/mol. The molecular formula is C8H15NO3. The zero-order valence-electron chi connectivity index (χ0n) is 7.46. The van der Waals surface area contributed by atoms with Gasteiger partial charge in [0, 0.05) is 6.42 Å². The Hall–Kier alpha value is -1.03. The summed E-state index contributed by atoms with van der Waals surface area (Å²) in [6, 6.07) is 0. The number of hydrogen-bond acceptors (Lipinski definition) is 3. The van der Waals surface area contributed by atoms with E-state index in [9.17, 15) is 4.79 Å². The standard InChI is InChI=1S/C8H15NO3/c1-6(2)4-8(3,5-10)12-7(9)11/h10H,1,4-5H2,2-3H3,(H2,9,11)/t8-/m1/s1. The zero-order chi connectivity index (χ0) is 9.78. The van der Waals surface area contributed by atoms with Crippen molar-refractivity contribution in [2.24, 2.45) is 5.73 Å². The van der Waals surface area contributed by atoms with Crippen molar-refractivity contribution in [2.75, 3.05) is 6.61 Å². The molecule has 0 bridgehead atoms. The van der Waals surface area contributed by atoms with Gasteiger partial charge in [-0.05, 0) is 13.8 Å². The first-order chi connectivity index (χ1) is 5.39. The molecule has 4 nitrogen and oxygen atoms in total. The molecule has 0 aliphatic rings. The topological polar surface area (TPSA) is 72.6 Å². The van der Waals surface area contributed by atoms with Crippen LogP contribution < -0.4 is 5.73 Å². The maximum atomic E-state index is 10.4. The number of aliphatic hydroxyl groups excluding tert-OH is 1. The highest BCUT2D eigenvalue weighted by Gasteiger charge is 2.26. The molecule has 0 aliphatic heterocycles. The SMILES string of the molecule is C=C(C)C[C@](C)(CO)OC(N)=O. The number of carbonyl (C=O) groups excluding carboxylic acids is 1. The highest BCUT2D eigenvalue weighted by atomic mass is 16.6. The minimum Gasteiger partial charge on any atom is -0.441 e. The van der Waals surface area contributed by atoms with E-state index >= 15 is 0 Å². The van der Waals surface area contributed by atoms with Crippen molar-refractivity contribution in [3.63, 3.8) is 0 Å². The lowest BCUT2D eigenvalue weighted by Gasteiger charge is -2.26. The molecule has 3 N–H and O–H groups in total.